The van der Waals surface area contributed by atoms with Crippen LogP contribution in [0.1, 0.15) is 21.5 Å². The number of carbonyl (C=O) groups is 1. The van der Waals surface area contributed by atoms with E-state index in [2.05, 4.69) is 6.07 Å². The second-order valence-corrected chi connectivity index (χ2v) is 5.83. The van der Waals surface area contributed by atoms with Crippen molar-refractivity contribution in [2.45, 2.75) is 13.8 Å². The molecule has 135 valence electrons. The van der Waals surface area contributed by atoms with Crippen LogP contribution in [-0.2, 0) is 32.7 Å². The molecule has 0 aromatic heterocycles. The van der Waals surface area contributed by atoms with Gasteiger partial charge in [0.1, 0.15) is 11.5 Å². The van der Waals surface area contributed by atoms with Crippen molar-refractivity contribution >= 4 is 5.97 Å². The topological polar surface area (TPSA) is 44.8 Å². The quantitative estimate of drug-likeness (QED) is 0.243. The Hall–Kier alpha value is -2.17. The molecule has 1 radical (unpaired) electrons. The molecule has 0 aliphatic rings. The molecule has 0 aliphatic heterocycles. The number of benzene rings is 3. The van der Waals surface area contributed by atoms with Gasteiger partial charge in [0.25, 0.3) is 0 Å². The van der Waals surface area contributed by atoms with Crippen molar-refractivity contribution in [1.29, 1.82) is 0 Å². The third-order valence-electron chi connectivity index (χ3n) is 3.77. The summed E-state index contributed by atoms with van der Waals surface area (Å²) in [5, 5.41) is 0. The van der Waals surface area contributed by atoms with Gasteiger partial charge < -0.3 is 14.2 Å². The van der Waals surface area contributed by atoms with Crippen LogP contribution in [0.2, 0.25) is 0 Å². The van der Waals surface area contributed by atoms with Crippen molar-refractivity contribution in [2.75, 3.05) is 6.79 Å². The monoisotopic (exact) mass is 436 g/mol. The van der Waals surface area contributed by atoms with Crippen LogP contribution >= 0.6 is 0 Å². The Morgan fingerprint density at radius 3 is 2.26 bits per heavy atom. The summed E-state index contributed by atoms with van der Waals surface area (Å²) in [6.45, 7) is 3.94. The van der Waals surface area contributed by atoms with Gasteiger partial charge in [0, 0.05) is 38.5 Å². The number of hydrogen-bond acceptors (Lipinski definition) is 4. The standard InChI is InChI=1S/C22H19O4.Y/c1-16-8-10-18(11-9-16)22(23)26-20-12-13-21(17(2)14-20)25-15-24-19-6-4-3-5-7-19;/h4-14H,15H2,1-2H3;/q-1;. The van der Waals surface area contributed by atoms with Gasteiger partial charge in [0.15, 0.2) is 0 Å². The van der Waals surface area contributed by atoms with Crippen LogP contribution in [0.5, 0.6) is 17.2 Å². The van der Waals surface area contributed by atoms with E-state index in [9.17, 15) is 4.79 Å². The average Bonchev–Trinajstić information content (AvgIpc) is 2.65. The Balaban J connectivity index is 0.00000261. The summed E-state index contributed by atoms with van der Waals surface area (Å²) in [7, 11) is 0. The van der Waals surface area contributed by atoms with Crippen LogP contribution < -0.4 is 14.2 Å². The van der Waals surface area contributed by atoms with Gasteiger partial charge in [-0.2, -0.15) is 18.2 Å². The molecule has 4 nitrogen and oxygen atoms in total. The van der Waals surface area contributed by atoms with Crippen molar-refractivity contribution in [3.05, 3.63) is 89.5 Å². The molecule has 0 heterocycles. The molecule has 0 atom stereocenters. The van der Waals surface area contributed by atoms with Crippen LogP contribution in [-0.4, -0.2) is 12.8 Å². The molecule has 0 bridgehead atoms. The number of rotatable bonds is 6. The summed E-state index contributed by atoms with van der Waals surface area (Å²) < 4.78 is 16.5. The molecular formula is C22H19O4Y-. The average molecular weight is 436 g/mol. The maximum absolute atomic E-state index is 12.2. The second kappa shape index (κ2) is 10.2. The van der Waals surface area contributed by atoms with Crippen molar-refractivity contribution in [3.8, 4) is 17.2 Å². The Labute approximate surface area is 184 Å². The Morgan fingerprint density at radius 1 is 0.889 bits per heavy atom. The van der Waals surface area contributed by atoms with E-state index in [0.29, 0.717) is 22.8 Å². The molecule has 0 saturated carbocycles. The molecule has 3 aromatic carbocycles. The smallest absolute Gasteiger partial charge is 0.343 e. The van der Waals surface area contributed by atoms with Crippen LogP contribution in [0.25, 0.3) is 0 Å². The first-order valence-corrected chi connectivity index (χ1v) is 8.23. The molecule has 3 aromatic rings. The fourth-order valence-corrected chi connectivity index (χ4v) is 2.33. The first-order chi connectivity index (χ1) is 12.6. The summed E-state index contributed by atoms with van der Waals surface area (Å²) >= 11 is 0. The zero-order chi connectivity index (χ0) is 18.4. The Morgan fingerprint density at radius 2 is 1.59 bits per heavy atom. The zero-order valence-corrected chi connectivity index (χ0v) is 18.1. The summed E-state index contributed by atoms with van der Waals surface area (Å²) in [6.07, 6.45) is 0. The van der Waals surface area contributed by atoms with Crippen LogP contribution in [0.4, 0.5) is 0 Å². The Kier molecular flexibility index (Phi) is 8.02. The first-order valence-electron chi connectivity index (χ1n) is 8.23. The Bertz CT molecular complexity index is 877. The molecule has 0 spiro atoms. The van der Waals surface area contributed by atoms with Gasteiger partial charge in [0.05, 0.1) is 5.56 Å². The molecule has 3 rings (SSSR count). The predicted molar refractivity (Wildman–Crippen MR) is 98.7 cm³/mol. The minimum Gasteiger partial charge on any atom is -0.483 e. The number of carbonyl (C=O) groups excluding carboxylic acids is 1. The number of hydrogen-bond donors (Lipinski definition) is 0. The minimum absolute atomic E-state index is 0. The summed E-state index contributed by atoms with van der Waals surface area (Å²) in [4.78, 5) is 12.2. The van der Waals surface area contributed by atoms with E-state index < -0.39 is 0 Å². The molecule has 0 unspecified atom stereocenters. The number of ether oxygens (including phenoxy) is 3. The van der Waals surface area contributed by atoms with Crippen molar-refractivity contribution in [3.63, 3.8) is 0 Å². The van der Waals surface area contributed by atoms with Crippen molar-refractivity contribution in [2.24, 2.45) is 0 Å². The van der Waals surface area contributed by atoms with Gasteiger partial charge in [0.2, 0.25) is 6.79 Å². The van der Waals surface area contributed by atoms with Crippen molar-refractivity contribution in [1.82, 2.24) is 0 Å². The van der Waals surface area contributed by atoms with Crippen molar-refractivity contribution < 1.29 is 51.7 Å². The van der Waals surface area contributed by atoms with E-state index in [1.54, 1.807) is 42.5 Å². The molecule has 5 heteroatoms. The second-order valence-electron chi connectivity index (χ2n) is 5.83. The van der Waals surface area contributed by atoms with Gasteiger partial charge >= 0.3 is 5.97 Å². The predicted octanol–water partition coefficient (Wildman–Crippen LogP) is 4.74. The number of aryl methyl sites for hydroxylation is 2. The molecule has 0 fully saturated rings. The summed E-state index contributed by atoms with van der Waals surface area (Å²) in [5.41, 5.74) is 2.46. The summed E-state index contributed by atoms with van der Waals surface area (Å²) in [5.74, 6) is 1.47. The molecule has 0 amide bonds. The van der Waals surface area contributed by atoms with E-state index in [4.69, 9.17) is 14.2 Å². The van der Waals surface area contributed by atoms with Crippen LogP contribution in [0.15, 0.2) is 66.7 Å². The van der Waals surface area contributed by atoms with Gasteiger partial charge in [-0.1, -0.05) is 17.7 Å². The van der Waals surface area contributed by atoms with Gasteiger partial charge in [-0.05, 0) is 49.7 Å². The van der Waals surface area contributed by atoms with Crippen LogP contribution in [0, 0.1) is 19.9 Å². The van der Waals surface area contributed by atoms with E-state index in [1.807, 2.05) is 38.1 Å². The van der Waals surface area contributed by atoms with E-state index >= 15 is 0 Å². The molecule has 27 heavy (non-hydrogen) atoms. The van der Waals surface area contributed by atoms with E-state index in [1.165, 1.54) is 0 Å². The summed E-state index contributed by atoms with van der Waals surface area (Å²) in [6, 6.07) is 22.6. The third-order valence-corrected chi connectivity index (χ3v) is 3.77. The molecule has 0 saturated heterocycles. The fourth-order valence-electron chi connectivity index (χ4n) is 2.33. The zero-order valence-electron chi connectivity index (χ0n) is 15.3. The third kappa shape index (κ3) is 6.19. The maximum atomic E-state index is 12.2. The first kappa shape index (κ1) is 21.1. The normalized spacial score (nSPS) is 9.85. The van der Waals surface area contributed by atoms with E-state index in [0.717, 1.165) is 11.1 Å². The van der Waals surface area contributed by atoms with Gasteiger partial charge in [-0.3, -0.25) is 0 Å². The molecular weight excluding hydrogens is 417 g/mol. The molecule has 0 N–H and O–H groups in total. The molecule has 0 aliphatic carbocycles. The minimum atomic E-state index is -0.387. The SMILES string of the molecule is Cc1ccc(C(=O)Oc2ccc(OCOc3cc[c-]cc3)c(C)c2)cc1.[Y]. The largest absolute Gasteiger partial charge is 0.483 e. The van der Waals surface area contributed by atoms with Gasteiger partial charge in [-0.15, -0.1) is 12.1 Å². The van der Waals surface area contributed by atoms with Crippen LogP contribution in [0.3, 0.4) is 0 Å². The van der Waals surface area contributed by atoms with Gasteiger partial charge in [-0.25, -0.2) is 4.79 Å². The van der Waals surface area contributed by atoms with E-state index in [-0.39, 0.29) is 45.5 Å². The number of esters is 1. The maximum Gasteiger partial charge on any atom is 0.343 e. The fraction of sp³-hybridized carbons (Fsp3) is 0.136.